The van der Waals surface area contributed by atoms with Crippen molar-refractivity contribution < 1.29 is 18.4 Å². The summed E-state index contributed by atoms with van der Waals surface area (Å²) in [5.41, 5.74) is 3.00. The molecule has 154 valence electrons. The summed E-state index contributed by atoms with van der Waals surface area (Å²) in [6.45, 7) is 2.28. The molecular weight excluding hydrogens is 385 g/mol. The van der Waals surface area contributed by atoms with Gasteiger partial charge in [0.15, 0.2) is 11.7 Å². The molecule has 0 atom stereocenters. The minimum atomic E-state index is -0.381. The zero-order valence-corrected chi connectivity index (χ0v) is 16.7. The lowest BCUT2D eigenvalue weighted by atomic mass is 10.0. The maximum Gasteiger partial charge on any atom is 0.224 e. The molecule has 0 radical (unpaired) electrons. The van der Waals surface area contributed by atoms with Gasteiger partial charge in [0, 0.05) is 37.7 Å². The fraction of sp³-hybridized carbons (Fsp3) is 0.261. The van der Waals surface area contributed by atoms with Crippen molar-refractivity contribution in [2.24, 2.45) is 0 Å². The lowest BCUT2D eigenvalue weighted by molar-refractivity contribution is -0.117. The Balaban J connectivity index is 1.37. The first kappa shape index (κ1) is 19.8. The Morgan fingerprint density at radius 1 is 1.23 bits per heavy atom. The van der Waals surface area contributed by atoms with Gasteiger partial charge in [-0.25, -0.2) is 9.37 Å². The van der Waals surface area contributed by atoms with Crippen molar-refractivity contribution >= 4 is 23.2 Å². The molecule has 6 nitrogen and oxygen atoms in total. The van der Waals surface area contributed by atoms with Crippen molar-refractivity contribution in [2.75, 3.05) is 16.8 Å². The number of amides is 2. The van der Waals surface area contributed by atoms with E-state index >= 15 is 0 Å². The number of anilines is 2. The normalized spacial score (nSPS) is 13.1. The summed E-state index contributed by atoms with van der Waals surface area (Å²) in [6.07, 6.45) is 3.74. The first-order chi connectivity index (χ1) is 14.5. The summed E-state index contributed by atoms with van der Waals surface area (Å²) in [5, 5.41) is 2.88. The largest absolute Gasteiger partial charge is 0.441 e. The van der Waals surface area contributed by atoms with Crippen LogP contribution in [0.3, 0.4) is 0 Å². The van der Waals surface area contributed by atoms with Crippen LogP contribution in [0.15, 0.2) is 53.1 Å². The quantitative estimate of drug-likeness (QED) is 0.682. The van der Waals surface area contributed by atoms with Crippen LogP contribution >= 0.6 is 0 Å². The van der Waals surface area contributed by atoms with Gasteiger partial charge >= 0.3 is 0 Å². The van der Waals surface area contributed by atoms with Gasteiger partial charge in [-0.3, -0.25) is 9.59 Å². The predicted molar refractivity (Wildman–Crippen MR) is 112 cm³/mol. The van der Waals surface area contributed by atoms with Gasteiger partial charge in [-0.2, -0.15) is 0 Å². The monoisotopic (exact) mass is 407 g/mol. The number of halogens is 1. The van der Waals surface area contributed by atoms with Crippen LogP contribution in [0.25, 0.3) is 11.3 Å². The van der Waals surface area contributed by atoms with Crippen LogP contribution in [-0.4, -0.2) is 23.3 Å². The third kappa shape index (κ3) is 4.25. The Labute approximate surface area is 173 Å². The highest BCUT2D eigenvalue weighted by Gasteiger charge is 2.20. The van der Waals surface area contributed by atoms with Gasteiger partial charge in [0.05, 0.1) is 11.8 Å². The number of aromatic nitrogens is 1. The molecule has 7 heteroatoms. The van der Waals surface area contributed by atoms with Crippen LogP contribution in [0.4, 0.5) is 15.8 Å². The molecule has 4 rings (SSSR count). The van der Waals surface area contributed by atoms with Crippen molar-refractivity contribution in [3.63, 3.8) is 0 Å². The number of carbonyl (C=O) groups is 2. The molecular formula is C23H22FN3O3. The second kappa shape index (κ2) is 8.49. The van der Waals surface area contributed by atoms with E-state index in [0.29, 0.717) is 29.3 Å². The Morgan fingerprint density at radius 3 is 2.87 bits per heavy atom. The lowest BCUT2D eigenvalue weighted by Crippen LogP contribution is -2.33. The molecule has 0 unspecified atom stereocenters. The smallest absolute Gasteiger partial charge is 0.224 e. The Hall–Kier alpha value is -3.48. The number of hydrogen-bond donors (Lipinski definition) is 1. The molecule has 2 heterocycles. The highest BCUT2D eigenvalue weighted by molar-refractivity contribution is 5.94. The van der Waals surface area contributed by atoms with Gasteiger partial charge < -0.3 is 14.6 Å². The van der Waals surface area contributed by atoms with E-state index in [1.165, 1.54) is 12.3 Å². The Bertz CT molecular complexity index is 1090. The SMILES string of the molecule is CC(=O)N1CCCc2cc(NC(=O)CCc3ncc(-c4ccccc4F)o3)ccc21. The third-order valence-corrected chi connectivity index (χ3v) is 5.12. The standard InChI is InChI=1S/C23H22FN3O3/c1-15(28)27-12-4-5-16-13-17(8-9-20(16)27)26-22(29)10-11-23-25-14-21(30-23)18-6-2-3-7-19(18)24/h2-3,6-9,13-14H,4-5,10-12H2,1H3,(H,26,29). The van der Waals surface area contributed by atoms with E-state index in [1.807, 2.05) is 12.1 Å². The van der Waals surface area contributed by atoms with Crippen molar-refractivity contribution in [2.45, 2.75) is 32.6 Å². The fourth-order valence-electron chi connectivity index (χ4n) is 3.66. The number of oxazole rings is 1. The minimum absolute atomic E-state index is 0.0217. The molecule has 0 saturated carbocycles. The number of nitrogens with zero attached hydrogens (tertiary/aromatic N) is 2. The molecule has 2 aromatic carbocycles. The van der Waals surface area contributed by atoms with E-state index in [-0.39, 0.29) is 24.1 Å². The van der Waals surface area contributed by atoms with E-state index in [4.69, 9.17) is 4.42 Å². The van der Waals surface area contributed by atoms with E-state index in [1.54, 1.807) is 36.1 Å². The van der Waals surface area contributed by atoms with E-state index in [9.17, 15) is 14.0 Å². The third-order valence-electron chi connectivity index (χ3n) is 5.12. The van der Waals surface area contributed by atoms with Crippen LogP contribution in [0.5, 0.6) is 0 Å². The zero-order chi connectivity index (χ0) is 21.1. The maximum atomic E-state index is 13.9. The molecule has 1 N–H and O–H groups in total. The van der Waals surface area contributed by atoms with Crippen LogP contribution in [0.1, 0.15) is 31.2 Å². The first-order valence-electron chi connectivity index (χ1n) is 9.92. The fourth-order valence-corrected chi connectivity index (χ4v) is 3.66. The molecule has 0 saturated heterocycles. The van der Waals surface area contributed by atoms with Crippen molar-refractivity contribution in [1.82, 2.24) is 4.98 Å². The number of benzene rings is 2. The lowest BCUT2D eigenvalue weighted by Gasteiger charge is -2.29. The molecule has 0 aliphatic carbocycles. The number of rotatable bonds is 5. The zero-order valence-electron chi connectivity index (χ0n) is 16.7. The molecule has 0 bridgehead atoms. The summed E-state index contributed by atoms with van der Waals surface area (Å²) in [4.78, 5) is 30.0. The van der Waals surface area contributed by atoms with Gasteiger partial charge in [0.2, 0.25) is 11.8 Å². The van der Waals surface area contributed by atoms with Crippen LogP contribution in [0.2, 0.25) is 0 Å². The molecule has 30 heavy (non-hydrogen) atoms. The highest BCUT2D eigenvalue weighted by atomic mass is 19.1. The van der Waals surface area contributed by atoms with E-state index < -0.39 is 0 Å². The summed E-state index contributed by atoms with van der Waals surface area (Å²) in [7, 11) is 0. The summed E-state index contributed by atoms with van der Waals surface area (Å²) in [6, 6.07) is 11.9. The predicted octanol–water partition coefficient (Wildman–Crippen LogP) is 4.35. The summed E-state index contributed by atoms with van der Waals surface area (Å²) in [5.74, 6) is 0.195. The second-order valence-corrected chi connectivity index (χ2v) is 7.26. The van der Waals surface area contributed by atoms with Crippen molar-refractivity contribution in [3.8, 4) is 11.3 Å². The van der Waals surface area contributed by atoms with E-state index in [0.717, 1.165) is 30.6 Å². The first-order valence-corrected chi connectivity index (χ1v) is 9.92. The Kier molecular flexibility index (Phi) is 5.61. The average molecular weight is 407 g/mol. The molecule has 0 fully saturated rings. The highest BCUT2D eigenvalue weighted by Crippen LogP contribution is 2.30. The topological polar surface area (TPSA) is 75.4 Å². The maximum absolute atomic E-state index is 13.9. The number of nitrogens with one attached hydrogen (secondary N) is 1. The van der Waals surface area contributed by atoms with Crippen LogP contribution in [-0.2, 0) is 22.4 Å². The van der Waals surface area contributed by atoms with Gasteiger partial charge in [-0.1, -0.05) is 12.1 Å². The number of aryl methyl sites for hydroxylation is 2. The van der Waals surface area contributed by atoms with Gasteiger partial charge in [0.1, 0.15) is 5.82 Å². The molecule has 3 aromatic rings. The van der Waals surface area contributed by atoms with Crippen molar-refractivity contribution in [3.05, 3.63) is 65.9 Å². The minimum Gasteiger partial charge on any atom is -0.441 e. The molecule has 1 aliphatic heterocycles. The summed E-state index contributed by atoms with van der Waals surface area (Å²) >= 11 is 0. The Morgan fingerprint density at radius 2 is 2.07 bits per heavy atom. The van der Waals surface area contributed by atoms with Gasteiger partial charge in [0.25, 0.3) is 0 Å². The number of hydrogen-bond acceptors (Lipinski definition) is 4. The average Bonchev–Trinajstić information content (AvgIpc) is 3.20. The molecule has 1 aromatic heterocycles. The molecule has 1 aliphatic rings. The van der Waals surface area contributed by atoms with Crippen molar-refractivity contribution in [1.29, 1.82) is 0 Å². The molecule has 2 amide bonds. The summed E-state index contributed by atoms with van der Waals surface area (Å²) < 4.78 is 19.4. The van der Waals surface area contributed by atoms with Crippen LogP contribution in [0, 0.1) is 5.82 Å². The number of fused-ring (bicyclic) bond motifs is 1. The van der Waals surface area contributed by atoms with Gasteiger partial charge in [-0.05, 0) is 48.7 Å². The number of carbonyl (C=O) groups excluding carboxylic acids is 2. The second-order valence-electron chi connectivity index (χ2n) is 7.26. The molecule has 0 spiro atoms. The van der Waals surface area contributed by atoms with E-state index in [2.05, 4.69) is 10.3 Å². The van der Waals surface area contributed by atoms with Crippen LogP contribution < -0.4 is 10.2 Å². The van der Waals surface area contributed by atoms with Gasteiger partial charge in [-0.15, -0.1) is 0 Å².